The van der Waals surface area contributed by atoms with Crippen LogP contribution in [0.1, 0.15) is 22.6 Å². The Morgan fingerprint density at radius 1 is 1.07 bits per heavy atom. The van der Waals surface area contributed by atoms with Gasteiger partial charge in [0.05, 0.1) is 24.5 Å². The number of hydrogen-bond acceptors (Lipinski definition) is 5. The molecule has 0 unspecified atom stereocenters. The summed E-state index contributed by atoms with van der Waals surface area (Å²) < 4.78 is 4.44. The van der Waals surface area contributed by atoms with Gasteiger partial charge in [-0.1, -0.05) is 11.6 Å². The molecule has 5 rings (SSSR count). The Hall–Kier alpha value is -3.19. The van der Waals surface area contributed by atoms with Crippen LogP contribution in [0.3, 0.4) is 0 Å². The molecule has 0 saturated carbocycles. The van der Waals surface area contributed by atoms with E-state index >= 15 is 0 Å². The van der Waals surface area contributed by atoms with Crippen LogP contribution >= 0.6 is 0 Å². The summed E-state index contributed by atoms with van der Waals surface area (Å²) in [5.74, 6) is 0.631. The molecule has 4 aromatic rings. The fraction of sp³-hybridized carbons (Fsp3) is 0.318. The smallest absolute Gasteiger partial charge is 0.222 e. The van der Waals surface area contributed by atoms with Crippen LogP contribution in [-0.4, -0.2) is 35.8 Å². The standard InChI is InChI=1S/C22H25N7/c1-16-4-5-21-17(10-16)11-19(27(21)2)14-28-8-9-29-20(15-28)12-18(26-29)13-25-22-23-6-3-7-24-22/h3-7,10-12H,8-9,13-15H2,1-2H3,(H,23,24,25). The van der Waals surface area contributed by atoms with Crippen molar-refractivity contribution in [3.05, 3.63) is 71.4 Å². The van der Waals surface area contributed by atoms with Gasteiger partial charge in [-0.3, -0.25) is 9.58 Å². The third-order valence-corrected chi connectivity index (χ3v) is 5.60. The van der Waals surface area contributed by atoms with E-state index in [0.29, 0.717) is 12.5 Å². The molecule has 148 valence electrons. The Labute approximate surface area is 170 Å². The van der Waals surface area contributed by atoms with Crippen molar-refractivity contribution in [3.63, 3.8) is 0 Å². The molecule has 29 heavy (non-hydrogen) atoms. The van der Waals surface area contributed by atoms with E-state index in [0.717, 1.165) is 31.9 Å². The molecule has 7 heteroatoms. The van der Waals surface area contributed by atoms with Gasteiger partial charge in [-0.15, -0.1) is 0 Å². The first-order chi connectivity index (χ1) is 14.2. The summed E-state index contributed by atoms with van der Waals surface area (Å²) in [7, 11) is 2.16. The molecule has 0 bridgehead atoms. The van der Waals surface area contributed by atoms with Gasteiger partial charge in [0.15, 0.2) is 0 Å². The molecule has 0 spiro atoms. The van der Waals surface area contributed by atoms with Gasteiger partial charge >= 0.3 is 0 Å². The third kappa shape index (κ3) is 3.61. The van der Waals surface area contributed by atoms with Crippen molar-refractivity contribution in [3.8, 4) is 0 Å². The molecule has 1 aliphatic heterocycles. The minimum absolute atomic E-state index is 0.631. The van der Waals surface area contributed by atoms with E-state index in [1.165, 1.54) is 27.9 Å². The second kappa shape index (κ2) is 7.33. The van der Waals surface area contributed by atoms with Gasteiger partial charge in [0.2, 0.25) is 5.95 Å². The summed E-state index contributed by atoms with van der Waals surface area (Å²) in [4.78, 5) is 10.9. The summed E-state index contributed by atoms with van der Waals surface area (Å²) in [6.07, 6.45) is 3.47. The summed E-state index contributed by atoms with van der Waals surface area (Å²) in [5, 5.41) is 9.29. The molecular weight excluding hydrogens is 362 g/mol. The molecule has 1 aliphatic rings. The van der Waals surface area contributed by atoms with Crippen LogP contribution in [-0.2, 0) is 33.2 Å². The number of benzene rings is 1. The van der Waals surface area contributed by atoms with Crippen molar-refractivity contribution in [1.82, 2.24) is 29.2 Å². The maximum absolute atomic E-state index is 4.74. The lowest BCUT2D eigenvalue weighted by molar-refractivity contribution is 0.201. The Balaban J connectivity index is 1.28. The SMILES string of the molecule is Cc1ccc2c(c1)cc(CN1CCn3nc(CNc4ncccn4)cc3C1)n2C. The van der Waals surface area contributed by atoms with Crippen LogP contribution in [0.2, 0.25) is 0 Å². The zero-order valence-corrected chi connectivity index (χ0v) is 16.8. The van der Waals surface area contributed by atoms with E-state index < -0.39 is 0 Å². The zero-order valence-electron chi connectivity index (χ0n) is 16.8. The lowest BCUT2D eigenvalue weighted by atomic mass is 10.2. The Bertz CT molecular complexity index is 1140. The summed E-state index contributed by atoms with van der Waals surface area (Å²) >= 11 is 0. The van der Waals surface area contributed by atoms with Crippen LogP contribution in [0.4, 0.5) is 5.95 Å². The Morgan fingerprint density at radius 2 is 1.93 bits per heavy atom. The van der Waals surface area contributed by atoms with Gasteiger partial charge in [-0.25, -0.2) is 9.97 Å². The highest BCUT2D eigenvalue weighted by Crippen LogP contribution is 2.23. The first kappa shape index (κ1) is 17.9. The fourth-order valence-corrected chi connectivity index (χ4v) is 4.07. The number of hydrogen-bond donors (Lipinski definition) is 1. The third-order valence-electron chi connectivity index (χ3n) is 5.60. The Kier molecular flexibility index (Phi) is 4.52. The van der Waals surface area contributed by atoms with E-state index in [9.17, 15) is 0 Å². The highest BCUT2D eigenvalue weighted by molar-refractivity contribution is 5.82. The van der Waals surface area contributed by atoms with Crippen LogP contribution in [0.15, 0.2) is 48.8 Å². The van der Waals surface area contributed by atoms with Gasteiger partial charge in [0.1, 0.15) is 0 Å². The summed E-state index contributed by atoms with van der Waals surface area (Å²) in [6, 6.07) is 13.0. The molecular formula is C22H25N7. The van der Waals surface area contributed by atoms with Crippen LogP contribution in [0.25, 0.3) is 10.9 Å². The number of aryl methyl sites for hydroxylation is 2. The lowest BCUT2D eigenvalue weighted by Crippen LogP contribution is -2.33. The van der Waals surface area contributed by atoms with E-state index in [1.807, 2.05) is 6.07 Å². The number of nitrogens with one attached hydrogen (secondary N) is 1. The molecule has 1 aromatic carbocycles. The molecule has 4 heterocycles. The minimum Gasteiger partial charge on any atom is -0.348 e. The molecule has 0 amide bonds. The minimum atomic E-state index is 0.631. The van der Waals surface area contributed by atoms with Gasteiger partial charge < -0.3 is 9.88 Å². The fourth-order valence-electron chi connectivity index (χ4n) is 4.07. The van der Waals surface area contributed by atoms with Crippen molar-refractivity contribution in [2.75, 3.05) is 11.9 Å². The van der Waals surface area contributed by atoms with E-state index in [-0.39, 0.29) is 0 Å². The number of anilines is 1. The van der Waals surface area contributed by atoms with E-state index in [2.05, 4.69) is 73.7 Å². The van der Waals surface area contributed by atoms with Crippen LogP contribution in [0, 0.1) is 6.92 Å². The molecule has 1 N–H and O–H groups in total. The predicted molar refractivity (Wildman–Crippen MR) is 113 cm³/mol. The lowest BCUT2D eigenvalue weighted by Gasteiger charge is -2.27. The second-order valence-corrected chi connectivity index (χ2v) is 7.74. The van der Waals surface area contributed by atoms with Gasteiger partial charge in [-0.2, -0.15) is 5.10 Å². The number of nitrogens with zero attached hydrogens (tertiary/aromatic N) is 6. The number of aromatic nitrogens is 5. The first-order valence-electron chi connectivity index (χ1n) is 9.99. The highest BCUT2D eigenvalue weighted by atomic mass is 15.3. The second-order valence-electron chi connectivity index (χ2n) is 7.74. The molecule has 0 radical (unpaired) electrons. The summed E-state index contributed by atoms with van der Waals surface area (Å²) in [5.41, 5.74) is 6.23. The van der Waals surface area contributed by atoms with Crippen molar-refractivity contribution in [1.29, 1.82) is 0 Å². The van der Waals surface area contributed by atoms with E-state index in [1.54, 1.807) is 12.4 Å². The summed E-state index contributed by atoms with van der Waals surface area (Å²) in [6.45, 7) is 6.56. The van der Waals surface area contributed by atoms with E-state index in [4.69, 9.17) is 5.10 Å². The quantitative estimate of drug-likeness (QED) is 0.570. The topological polar surface area (TPSA) is 63.8 Å². The zero-order chi connectivity index (χ0) is 19.8. The molecule has 7 nitrogen and oxygen atoms in total. The van der Waals surface area contributed by atoms with Crippen LogP contribution < -0.4 is 5.32 Å². The van der Waals surface area contributed by atoms with Crippen LogP contribution in [0.5, 0.6) is 0 Å². The van der Waals surface area contributed by atoms with Gasteiger partial charge in [-0.05, 0) is 37.3 Å². The molecule has 0 saturated heterocycles. The maximum atomic E-state index is 4.74. The van der Waals surface area contributed by atoms with Gasteiger partial charge in [0, 0.05) is 55.7 Å². The van der Waals surface area contributed by atoms with Gasteiger partial charge in [0.25, 0.3) is 0 Å². The van der Waals surface area contributed by atoms with Crippen molar-refractivity contribution >= 4 is 16.9 Å². The van der Waals surface area contributed by atoms with Crippen molar-refractivity contribution in [2.45, 2.75) is 33.1 Å². The molecule has 0 aliphatic carbocycles. The largest absolute Gasteiger partial charge is 0.348 e. The average Bonchev–Trinajstić information content (AvgIpc) is 3.27. The number of rotatable bonds is 5. The first-order valence-corrected chi connectivity index (χ1v) is 9.99. The highest BCUT2D eigenvalue weighted by Gasteiger charge is 2.20. The molecule has 0 atom stereocenters. The average molecular weight is 387 g/mol. The molecule has 0 fully saturated rings. The predicted octanol–water partition coefficient (Wildman–Crippen LogP) is 3.10. The number of fused-ring (bicyclic) bond motifs is 2. The Morgan fingerprint density at radius 3 is 2.79 bits per heavy atom. The van der Waals surface area contributed by atoms with Crippen molar-refractivity contribution < 1.29 is 0 Å². The maximum Gasteiger partial charge on any atom is 0.222 e. The van der Waals surface area contributed by atoms with Crippen molar-refractivity contribution in [2.24, 2.45) is 7.05 Å². The molecule has 3 aromatic heterocycles. The normalized spacial score (nSPS) is 14.3. The monoisotopic (exact) mass is 387 g/mol.